The number of carbonyl (C=O) groups excluding carboxylic acids is 1. The van der Waals surface area contributed by atoms with Crippen LogP contribution in [0.15, 0.2) is 35.3 Å². The van der Waals surface area contributed by atoms with Crippen molar-refractivity contribution in [3.8, 4) is 0 Å². The van der Waals surface area contributed by atoms with Gasteiger partial charge in [-0.2, -0.15) is 0 Å². The number of rotatable bonds is 5. The molecule has 0 aliphatic carbocycles. The molecule has 3 N–H and O–H groups in total. The normalized spacial score (nSPS) is 13.9. The zero-order chi connectivity index (χ0) is 15.4. The number of nitrogens with one attached hydrogen (secondary N) is 1. The number of carbonyl (C=O) groups is 1. The molecule has 0 bridgehead atoms. The fourth-order valence-corrected chi connectivity index (χ4v) is 2.10. The third kappa shape index (κ3) is 3.48. The molecule has 0 fully saturated rings. The Morgan fingerprint density at radius 2 is 2.10 bits per heavy atom. The molecule has 112 valence electrons. The number of aromatic amines is 1. The van der Waals surface area contributed by atoms with Crippen LogP contribution in [0.1, 0.15) is 25.0 Å². The van der Waals surface area contributed by atoms with Gasteiger partial charge in [0.15, 0.2) is 5.43 Å². The number of aliphatic hydroxyl groups excluding tert-OH is 2. The van der Waals surface area contributed by atoms with E-state index in [2.05, 4.69) is 4.98 Å². The van der Waals surface area contributed by atoms with Gasteiger partial charge in [-0.3, -0.25) is 9.59 Å². The van der Waals surface area contributed by atoms with Crippen LogP contribution in [0, 0.1) is 0 Å². The lowest BCUT2D eigenvalue weighted by atomic mass is 10.0. The Bertz CT molecular complexity index is 694. The minimum Gasteiger partial charge on any atom is -0.466 e. The molecule has 1 aromatic carbocycles. The van der Waals surface area contributed by atoms with E-state index in [1.807, 2.05) is 0 Å². The SMILES string of the molecule is CCOC(=O)CC(O)C(O)c1ccc2[nH]ccc(=O)c2c1. The van der Waals surface area contributed by atoms with Crippen LogP contribution in [0.3, 0.4) is 0 Å². The molecule has 2 rings (SSSR count). The van der Waals surface area contributed by atoms with E-state index in [-0.39, 0.29) is 18.5 Å². The van der Waals surface area contributed by atoms with E-state index >= 15 is 0 Å². The van der Waals surface area contributed by atoms with Gasteiger partial charge in [-0.15, -0.1) is 0 Å². The van der Waals surface area contributed by atoms with Crippen LogP contribution in [0.2, 0.25) is 0 Å². The first-order valence-corrected chi connectivity index (χ1v) is 6.66. The Balaban J connectivity index is 2.23. The molecule has 6 heteroatoms. The molecule has 0 radical (unpaired) electrons. The van der Waals surface area contributed by atoms with Crippen LogP contribution in [-0.4, -0.2) is 33.9 Å². The Morgan fingerprint density at radius 1 is 1.33 bits per heavy atom. The van der Waals surface area contributed by atoms with Gasteiger partial charge in [0, 0.05) is 23.2 Å². The quantitative estimate of drug-likeness (QED) is 0.710. The molecule has 21 heavy (non-hydrogen) atoms. The summed E-state index contributed by atoms with van der Waals surface area (Å²) in [6.45, 7) is 1.88. The van der Waals surface area contributed by atoms with E-state index < -0.39 is 18.2 Å². The van der Waals surface area contributed by atoms with E-state index in [0.717, 1.165) is 0 Å². The molecule has 0 aliphatic heterocycles. The average molecular weight is 291 g/mol. The van der Waals surface area contributed by atoms with Gasteiger partial charge >= 0.3 is 5.97 Å². The van der Waals surface area contributed by atoms with Crippen molar-refractivity contribution in [2.24, 2.45) is 0 Å². The lowest BCUT2D eigenvalue weighted by Gasteiger charge is -2.17. The van der Waals surface area contributed by atoms with Gasteiger partial charge < -0.3 is 19.9 Å². The van der Waals surface area contributed by atoms with Crippen molar-refractivity contribution in [2.45, 2.75) is 25.6 Å². The number of hydrogen-bond acceptors (Lipinski definition) is 5. The summed E-state index contributed by atoms with van der Waals surface area (Å²) in [6, 6.07) is 6.13. The number of benzene rings is 1. The molecule has 0 saturated carbocycles. The van der Waals surface area contributed by atoms with Gasteiger partial charge in [-0.05, 0) is 24.6 Å². The number of H-pyrrole nitrogens is 1. The second-order valence-electron chi connectivity index (χ2n) is 4.67. The Labute approximate surface area is 121 Å². The fourth-order valence-electron chi connectivity index (χ4n) is 2.10. The number of pyridine rings is 1. The molecule has 2 unspecified atom stereocenters. The molecule has 2 atom stereocenters. The van der Waals surface area contributed by atoms with Gasteiger partial charge in [-0.1, -0.05) is 6.07 Å². The number of fused-ring (bicyclic) bond motifs is 1. The highest BCUT2D eigenvalue weighted by molar-refractivity contribution is 5.79. The van der Waals surface area contributed by atoms with Crippen LogP contribution in [0.4, 0.5) is 0 Å². The molecule has 0 aliphatic rings. The molecule has 6 nitrogen and oxygen atoms in total. The maximum atomic E-state index is 11.7. The van der Waals surface area contributed by atoms with Crippen molar-refractivity contribution < 1.29 is 19.7 Å². The Kier molecular flexibility index (Phi) is 4.72. The van der Waals surface area contributed by atoms with Gasteiger partial charge in [0.05, 0.1) is 19.1 Å². The summed E-state index contributed by atoms with van der Waals surface area (Å²) in [5, 5.41) is 20.4. The molecule has 0 amide bonds. The van der Waals surface area contributed by atoms with Crippen LogP contribution in [0.25, 0.3) is 10.9 Å². The second-order valence-corrected chi connectivity index (χ2v) is 4.67. The Hall–Kier alpha value is -2.18. The highest BCUT2D eigenvalue weighted by Crippen LogP contribution is 2.21. The summed E-state index contributed by atoms with van der Waals surface area (Å²) >= 11 is 0. The summed E-state index contributed by atoms with van der Waals surface area (Å²) in [7, 11) is 0. The number of aromatic nitrogens is 1. The van der Waals surface area contributed by atoms with E-state index in [1.54, 1.807) is 19.1 Å². The van der Waals surface area contributed by atoms with E-state index in [1.165, 1.54) is 18.3 Å². The molecular formula is C15H17NO5. The van der Waals surface area contributed by atoms with Crippen LogP contribution in [-0.2, 0) is 9.53 Å². The van der Waals surface area contributed by atoms with E-state index in [9.17, 15) is 19.8 Å². The van der Waals surface area contributed by atoms with Gasteiger partial charge in [0.25, 0.3) is 0 Å². The van der Waals surface area contributed by atoms with Gasteiger partial charge in [0.2, 0.25) is 0 Å². The zero-order valence-corrected chi connectivity index (χ0v) is 11.6. The zero-order valence-electron chi connectivity index (χ0n) is 11.6. The first kappa shape index (κ1) is 15.2. The third-order valence-corrected chi connectivity index (χ3v) is 3.17. The summed E-state index contributed by atoms with van der Waals surface area (Å²) in [6.07, 6.45) is -1.32. The predicted molar refractivity (Wildman–Crippen MR) is 76.8 cm³/mol. The van der Waals surface area contributed by atoms with Gasteiger partial charge in [0.1, 0.15) is 6.10 Å². The lowest BCUT2D eigenvalue weighted by molar-refractivity contribution is -0.147. The second kappa shape index (κ2) is 6.51. The maximum absolute atomic E-state index is 11.7. The van der Waals surface area contributed by atoms with E-state index in [4.69, 9.17) is 4.74 Å². The van der Waals surface area contributed by atoms with Crippen molar-refractivity contribution in [2.75, 3.05) is 6.61 Å². The van der Waals surface area contributed by atoms with Crippen LogP contribution >= 0.6 is 0 Å². The van der Waals surface area contributed by atoms with Crippen LogP contribution in [0.5, 0.6) is 0 Å². The predicted octanol–water partition coefficient (Wildman–Crippen LogP) is 0.876. The highest BCUT2D eigenvalue weighted by Gasteiger charge is 2.22. The minimum atomic E-state index is -1.29. The first-order chi connectivity index (χ1) is 10.0. The smallest absolute Gasteiger partial charge is 0.308 e. The lowest BCUT2D eigenvalue weighted by Crippen LogP contribution is -2.23. The summed E-state index contributed by atoms with van der Waals surface area (Å²) < 4.78 is 4.72. The highest BCUT2D eigenvalue weighted by atomic mass is 16.5. The average Bonchev–Trinajstić information content (AvgIpc) is 2.46. The number of esters is 1. The van der Waals surface area contributed by atoms with Crippen molar-refractivity contribution in [1.82, 2.24) is 4.98 Å². The monoisotopic (exact) mass is 291 g/mol. The van der Waals surface area contributed by atoms with Gasteiger partial charge in [-0.25, -0.2) is 0 Å². The topological polar surface area (TPSA) is 99.6 Å². The number of ether oxygens (including phenoxy) is 1. The number of hydrogen-bond donors (Lipinski definition) is 3. The minimum absolute atomic E-state index is 0.183. The standard InChI is InChI=1S/C15H17NO5/c1-2-21-14(19)8-13(18)15(20)9-3-4-11-10(7-9)12(17)5-6-16-11/h3-7,13,15,18,20H,2,8H2,1H3,(H,16,17). The third-order valence-electron chi connectivity index (χ3n) is 3.17. The maximum Gasteiger partial charge on any atom is 0.308 e. The molecule has 2 aromatic rings. The fraction of sp³-hybridized carbons (Fsp3) is 0.333. The van der Waals surface area contributed by atoms with Crippen molar-refractivity contribution in [3.63, 3.8) is 0 Å². The van der Waals surface area contributed by atoms with Crippen molar-refractivity contribution in [3.05, 3.63) is 46.2 Å². The molecular weight excluding hydrogens is 274 g/mol. The first-order valence-electron chi connectivity index (χ1n) is 6.66. The molecule has 1 aromatic heterocycles. The number of aliphatic hydroxyl groups is 2. The molecule has 1 heterocycles. The summed E-state index contributed by atoms with van der Waals surface area (Å²) in [5.74, 6) is -0.581. The molecule has 0 saturated heterocycles. The van der Waals surface area contributed by atoms with Crippen molar-refractivity contribution >= 4 is 16.9 Å². The molecule has 0 spiro atoms. The summed E-state index contributed by atoms with van der Waals surface area (Å²) in [5.41, 5.74) is 0.826. The summed E-state index contributed by atoms with van der Waals surface area (Å²) in [4.78, 5) is 26.0. The van der Waals surface area contributed by atoms with Crippen molar-refractivity contribution in [1.29, 1.82) is 0 Å². The van der Waals surface area contributed by atoms with E-state index in [0.29, 0.717) is 16.5 Å². The largest absolute Gasteiger partial charge is 0.466 e. The van der Waals surface area contributed by atoms with Crippen LogP contribution < -0.4 is 5.43 Å². The Morgan fingerprint density at radius 3 is 2.81 bits per heavy atom.